The summed E-state index contributed by atoms with van der Waals surface area (Å²) in [5, 5.41) is 18.3. The number of rotatable bonds is 11. The molecule has 13 heteroatoms. The Bertz CT molecular complexity index is 2000. The average molecular weight is 710 g/mol. The maximum absolute atomic E-state index is 13.7. The third kappa shape index (κ3) is 8.52. The lowest BCUT2D eigenvalue weighted by atomic mass is 10.0. The van der Waals surface area contributed by atoms with Crippen LogP contribution in [0.15, 0.2) is 83.4 Å². The van der Waals surface area contributed by atoms with E-state index in [0.717, 1.165) is 10.4 Å². The lowest BCUT2D eigenvalue weighted by Crippen LogP contribution is -2.33. The van der Waals surface area contributed by atoms with E-state index in [1.807, 2.05) is 6.07 Å². The second kappa shape index (κ2) is 16.2. The number of ether oxygens (including phenoxy) is 2. The molecule has 1 aromatic heterocycles. The monoisotopic (exact) mass is 709 g/mol. The van der Waals surface area contributed by atoms with Crippen LogP contribution in [-0.2, 0) is 27.3 Å². The summed E-state index contributed by atoms with van der Waals surface area (Å²) < 4.78 is 10.8. The SMILES string of the molecule is COc1ccc(/C=C(/NC(=O)c2ccccc2)C(=O)Nc2cccc(SC(C)C(=O)Nc3sc4c(c3C#N)CCN(C(C)=O)C4)c2)c(OC)c1. The lowest BCUT2D eigenvalue weighted by Gasteiger charge is -2.25. The van der Waals surface area contributed by atoms with Gasteiger partial charge in [0.15, 0.2) is 0 Å². The minimum absolute atomic E-state index is 0.0218. The molecule has 0 fully saturated rings. The number of nitrogens with zero attached hydrogens (tertiary/aromatic N) is 2. The van der Waals surface area contributed by atoms with Gasteiger partial charge >= 0.3 is 0 Å². The maximum atomic E-state index is 13.7. The number of thioether (sulfide) groups is 1. The van der Waals surface area contributed by atoms with Crippen LogP contribution >= 0.6 is 23.1 Å². The van der Waals surface area contributed by atoms with E-state index in [2.05, 4.69) is 22.0 Å². The number of amides is 4. The minimum Gasteiger partial charge on any atom is -0.497 e. The molecule has 4 amide bonds. The van der Waals surface area contributed by atoms with Gasteiger partial charge in [-0.25, -0.2) is 0 Å². The Morgan fingerprint density at radius 2 is 1.78 bits per heavy atom. The van der Waals surface area contributed by atoms with Crippen molar-refractivity contribution in [1.82, 2.24) is 10.2 Å². The number of anilines is 2. The molecule has 0 saturated carbocycles. The quantitative estimate of drug-likeness (QED) is 0.126. The number of thiophene rings is 1. The van der Waals surface area contributed by atoms with E-state index < -0.39 is 17.1 Å². The van der Waals surface area contributed by atoms with Crippen molar-refractivity contribution in [3.05, 3.63) is 106 Å². The van der Waals surface area contributed by atoms with E-state index >= 15 is 0 Å². The molecule has 0 bridgehead atoms. The van der Waals surface area contributed by atoms with Crippen LogP contribution < -0.4 is 25.4 Å². The van der Waals surface area contributed by atoms with Gasteiger partial charge in [0.05, 0.1) is 31.6 Å². The number of hydrogen-bond donors (Lipinski definition) is 3. The predicted molar refractivity (Wildman–Crippen MR) is 194 cm³/mol. The van der Waals surface area contributed by atoms with Crippen molar-refractivity contribution in [1.29, 1.82) is 5.26 Å². The van der Waals surface area contributed by atoms with Crippen LogP contribution in [0.5, 0.6) is 11.5 Å². The molecule has 0 spiro atoms. The van der Waals surface area contributed by atoms with Gasteiger partial charge < -0.3 is 30.3 Å². The molecule has 0 saturated heterocycles. The summed E-state index contributed by atoms with van der Waals surface area (Å²) in [6.45, 7) is 4.23. The minimum atomic E-state index is -0.575. The van der Waals surface area contributed by atoms with Crippen molar-refractivity contribution in [3.63, 3.8) is 0 Å². The second-order valence-electron chi connectivity index (χ2n) is 11.2. The third-order valence-electron chi connectivity index (χ3n) is 7.89. The van der Waals surface area contributed by atoms with Crippen LogP contribution in [0.25, 0.3) is 6.08 Å². The Morgan fingerprint density at radius 3 is 2.48 bits per heavy atom. The van der Waals surface area contributed by atoms with Gasteiger partial charge in [-0.3, -0.25) is 19.2 Å². The van der Waals surface area contributed by atoms with E-state index in [0.29, 0.717) is 63.3 Å². The number of nitriles is 1. The van der Waals surface area contributed by atoms with Gasteiger partial charge in [-0.05, 0) is 67.4 Å². The highest BCUT2D eigenvalue weighted by molar-refractivity contribution is 8.00. The summed E-state index contributed by atoms with van der Waals surface area (Å²) in [7, 11) is 3.03. The predicted octanol–water partition coefficient (Wildman–Crippen LogP) is 6.07. The van der Waals surface area contributed by atoms with Crippen LogP contribution in [0.3, 0.4) is 0 Å². The molecule has 1 atom stereocenters. The van der Waals surface area contributed by atoms with E-state index in [1.54, 1.807) is 78.6 Å². The summed E-state index contributed by atoms with van der Waals surface area (Å²) in [6, 6.07) is 22.9. The number of carbonyl (C=O) groups excluding carboxylic acids is 4. The first kappa shape index (κ1) is 35.7. The number of nitrogens with one attached hydrogen (secondary N) is 3. The maximum Gasteiger partial charge on any atom is 0.272 e. The van der Waals surface area contributed by atoms with E-state index in [4.69, 9.17) is 9.47 Å². The van der Waals surface area contributed by atoms with Crippen LogP contribution in [0.1, 0.15) is 45.8 Å². The largest absolute Gasteiger partial charge is 0.497 e. The first-order valence-corrected chi connectivity index (χ1v) is 17.3. The highest BCUT2D eigenvalue weighted by atomic mass is 32.2. The van der Waals surface area contributed by atoms with Gasteiger partial charge in [-0.2, -0.15) is 5.26 Å². The third-order valence-corrected chi connectivity index (χ3v) is 10.1. The second-order valence-corrected chi connectivity index (χ2v) is 13.7. The van der Waals surface area contributed by atoms with Crippen molar-refractivity contribution in [2.24, 2.45) is 0 Å². The molecule has 4 aromatic rings. The fourth-order valence-electron chi connectivity index (χ4n) is 5.23. The summed E-state index contributed by atoms with van der Waals surface area (Å²) in [6.07, 6.45) is 2.09. The Morgan fingerprint density at radius 1 is 1.00 bits per heavy atom. The topological polar surface area (TPSA) is 150 Å². The molecular formula is C37H35N5O6S2. The van der Waals surface area contributed by atoms with Gasteiger partial charge in [0, 0.05) is 46.1 Å². The van der Waals surface area contributed by atoms with Gasteiger partial charge in [0.1, 0.15) is 28.3 Å². The molecular weight excluding hydrogens is 675 g/mol. The standard InChI is InChI=1S/C37H35N5O6S2/c1-22(34(44)41-37-30(20-38)29-15-16-42(23(2)43)21-33(29)50-37)49-28-12-8-11-26(18-28)39-36(46)31(40-35(45)24-9-6-5-7-10-24)17-25-13-14-27(47-3)19-32(25)48-4/h5-14,17-19,22H,15-16,21H2,1-4H3,(H,39,46)(H,40,45)(H,41,44)/b31-17+. The number of carbonyl (C=O) groups is 4. The smallest absolute Gasteiger partial charge is 0.272 e. The molecule has 256 valence electrons. The van der Waals surface area contributed by atoms with E-state index in [1.165, 1.54) is 50.3 Å². The summed E-state index contributed by atoms with van der Waals surface area (Å²) >= 11 is 2.61. The molecule has 1 aliphatic heterocycles. The fourth-order valence-corrected chi connectivity index (χ4v) is 7.37. The molecule has 3 N–H and O–H groups in total. The number of hydrogen-bond acceptors (Lipinski definition) is 9. The average Bonchev–Trinajstić information content (AvgIpc) is 3.47. The zero-order chi connectivity index (χ0) is 35.8. The molecule has 2 heterocycles. The zero-order valence-electron chi connectivity index (χ0n) is 27.9. The van der Waals surface area contributed by atoms with Crippen molar-refractivity contribution < 1.29 is 28.7 Å². The first-order valence-electron chi connectivity index (χ1n) is 15.6. The van der Waals surface area contributed by atoms with Crippen LogP contribution in [-0.4, -0.2) is 54.5 Å². The molecule has 5 rings (SSSR count). The Hall–Kier alpha value is -5.58. The van der Waals surface area contributed by atoms with Gasteiger partial charge in [0.25, 0.3) is 11.8 Å². The molecule has 0 radical (unpaired) electrons. The summed E-state index contributed by atoms with van der Waals surface area (Å²) in [5.41, 5.74) is 2.67. The lowest BCUT2D eigenvalue weighted by molar-refractivity contribution is -0.129. The van der Waals surface area contributed by atoms with Crippen LogP contribution in [0.2, 0.25) is 0 Å². The highest BCUT2D eigenvalue weighted by Gasteiger charge is 2.27. The van der Waals surface area contributed by atoms with E-state index in [9.17, 15) is 24.4 Å². The normalized spacial score (nSPS) is 12.9. The molecule has 0 aliphatic carbocycles. The molecule has 50 heavy (non-hydrogen) atoms. The summed E-state index contributed by atoms with van der Waals surface area (Å²) in [5.74, 6) is -0.350. The molecule has 1 unspecified atom stereocenters. The van der Waals surface area contributed by atoms with Gasteiger partial charge in [0.2, 0.25) is 11.8 Å². The Labute approximate surface area is 298 Å². The zero-order valence-corrected chi connectivity index (χ0v) is 29.5. The van der Waals surface area contributed by atoms with Gasteiger partial charge in [-0.15, -0.1) is 23.1 Å². The molecule has 3 aromatic carbocycles. The van der Waals surface area contributed by atoms with Crippen molar-refractivity contribution in [3.8, 4) is 17.6 Å². The van der Waals surface area contributed by atoms with Gasteiger partial charge in [-0.1, -0.05) is 24.3 Å². The van der Waals surface area contributed by atoms with Crippen LogP contribution in [0, 0.1) is 11.3 Å². The molecule has 1 aliphatic rings. The highest BCUT2D eigenvalue weighted by Crippen LogP contribution is 2.37. The Balaban J connectivity index is 1.31. The number of benzene rings is 3. The molecule has 11 nitrogen and oxygen atoms in total. The number of fused-ring (bicyclic) bond motifs is 1. The summed E-state index contributed by atoms with van der Waals surface area (Å²) in [4.78, 5) is 55.3. The van der Waals surface area contributed by atoms with Crippen molar-refractivity contribution in [2.75, 3.05) is 31.4 Å². The fraction of sp³-hybridized carbons (Fsp3) is 0.216. The van der Waals surface area contributed by atoms with E-state index in [-0.39, 0.29) is 17.5 Å². The van der Waals surface area contributed by atoms with Crippen LogP contribution in [0.4, 0.5) is 10.7 Å². The van der Waals surface area contributed by atoms with Crippen molar-refractivity contribution >= 4 is 63.5 Å². The Kier molecular flexibility index (Phi) is 11.6. The van der Waals surface area contributed by atoms with Crippen molar-refractivity contribution in [2.45, 2.75) is 37.0 Å². The number of methoxy groups -OCH3 is 2. The first-order chi connectivity index (χ1) is 24.1.